The van der Waals surface area contributed by atoms with Crippen molar-refractivity contribution in [2.45, 2.75) is 316 Å². The molecule has 0 aliphatic carbocycles. The summed E-state index contributed by atoms with van der Waals surface area (Å²) in [7, 11) is 0. The Morgan fingerprint density at radius 1 is 0.306 bits per heavy atom. The summed E-state index contributed by atoms with van der Waals surface area (Å²) in [6.45, 7) is 6.67. The van der Waals surface area contributed by atoms with E-state index in [-0.39, 0.29) is 31.1 Å². The largest absolute Gasteiger partial charge is 0.462 e. The molecule has 0 saturated carbocycles. The van der Waals surface area contributed by atoms with E-state index in [1.807, 2.05) is 0 Å². The molecule has 0 rings (SSSR count). The highest BCUT2D eigenvalue weighted by Gasteiger charge is 2.19. The molecular weight excluding hydrogens is 769 g/mol. The Kier molecular flexibility index (Phi) is 50.2. The van der Waals surface area contributed by atoms with Crippen LogP contribution in [0.2, 0.25) is 0 Å². The number of allylic oxidation sites excluding steroid dienone is 2. The van der Waals surface area contributed by atoms with Crippen LogP contribution in [0.4, 0.5) is 0 Å². The van der Waals surface area contributed by atoms with Crippen LogP contribution >= 0.6 is 0 Å². The molecule has 0 N–H and O–H groups in total. The Labute approximate surface area is 386 Å². The van der Waals surface area contributed by atoms with Gasteiger partial charge in [0.15, 0.2) is 6.10 Å². The topological polar surface area (TPSA) is 78.9 Å². The van der Waals surface area contributed by atoms with E-state index in [9.17, 15) is 14.4 Å². The van der Waals surface area contributed by atoms with Crippen molar-refractivity contribution >= 4 is 17.9 Å². The third kappa shape index (κ3) is 49.2. The Balaban J connectivity index is 4.31. The number of ether oxygens (including phenoxy) is 3. The van der Waals surface area contributed by atoms with E-state index in [1.54, 1.807) is 0 Å². The molecule has 366 valence electrons. The smallest absolute Gasteiger partial charge is 0.306 e. The fourth-order valence-corrected chi connectivity index (χ4v) is 8.32. The molecular formula is C56H106O6. The van der Waals surface area contributed by atoms with Crippen molar-refractivity contribution in [1.29, 1.82) is 0 Å². The van der Waals surface area contributed by atoms with Crippen molar-refractivity contribution in [3.63, 3.8) is 0 Å². The molecule has 0 aromatic heterocycles. The van der Waals surface area contributed by atoms with Crippen molar-refractivity contribution in [3.05, 3.63) is 12.2 Å². The van der Waals surface area contributed by atoms with E-state index >= 15 is 0 Å². The van der Waals surface area contributed by atoms with Crippen LogP contribution in [0.3, 0.4) is 0 Å². The second kappa shape index (κ2) is 51.8. The third-order valence-electron chi connectivity index (χ3n) is 12.5. The van der Waals surface area contributed by atoms with Gasteiger partial charge in [-0.05, 0) is 44.9 Å². The molecule has 6 heteroatoms. The maximum atomic E-state index is 12.8. The van der Waals surface area contributed by atoms with E-state index in [2.05, 4.69) is 32.9 Å². The summed E-state index contributed by atoms with van der Waals surface area (Å²) in [5, 5.41) is 0. The standard InChI is InChI=1S/C56H106O6/c1-4-7-10-13-16-19-22-25-27-28-29-32-34-37-40-43-46-49-55(58)61-52-53(51-60-54(57)48-45-42-39-36-33-30-24-21-18-15-12-9-6-3)62-56(59)50-47-44-41-38-35-31-26-23-20-17-14-11-8-5-2/h21,24,53H,4-20,22-23,25-52H2,1-3H3/b24-21-. The highest BCUT2D eigenvalue weighted by atomic mass is 16.6. The predicted molar refractivity (Wildman–Crippen MR) is 266 cm³/mol. The highest BCUT2D eigenvalue weighted by molar-refractivity contribution is 5.71. The number of unbranched alkanes of at least 4 members (excludes halogenated alkanes) is 38. The lowest BCUT2D eigenvalue weighted by Crippen LogP contribution is -2.30. The van der Waals surface area contributed by atoms with Gasteiger partial charge in [0.05, 0.1) is 0 Å². The Morgan fingerprint density at radius 3 is 0.823 bits per heavy atom. The first kappa shape index (κ1) is 60.2. The first-order chi connectivity index (χ1) is 30.5. The lowest BCUT2D eigenvalue weighted by molar-refractivity contribution is -0.167. The van der Waals surface area contributed by atoms with Crippen LogP contribution in [0.5, 0.6) is 0 Å². The molecule has 62 heavy (non-hydrogen) atoms. The van der Waals surface area contributed by atoms with Crippen molar-refractivity contribution in [2.75, 3.05) is 13.2 Å². The fraction of sp³-hybridized carbons (Fsp3) is 0.911. The minimum atomic E-state index is -0.766. The Bertz CT molecular complexity index is 962. The number of carbonyl (C=O) groups excluding carboxylic acids is 3. The van der Waals surface area contributed by atoms with Gasteiger partial charge in [0.2, 0.25) is 0 Å². The molecule has 1 unspecified atom stereocenters. The van der Waals surface area contributed by atoms with Gasteiger partial charge in [-0.1, -0.05) is 258 Å². The second-order valence-corrected chi connectivity index (χ2v) is 18.9. The van der Waals surface area contributed by atoms with Gasteiger partial charge in [0, 0.05) is 19.3 Å². The summed E-state index contributed by atoms with van der Waals surface area (Å²) in [6, 6.07) is 0. The molecule has 0 saturated heterocycles. The van der Waals surface area contributed by atoms with Crippen molar-refractivity contribution in [3.8, 4) is 0 Å². The van der Waals surface area contributed by atoms with Crippen molar-refractivity contribution < 1.29 is 28.6 Å². The van der Waals surface area contributed by atoms with Gasteiger partial charge in [-0.15, -0.1) is 0 Å². The average molecular weight is 875 g/mol. The summed E-state index contributed by atoms with van der Waals surface area (Å²) in [4.78, 5) is 38.0. The first-order valence-corrected chi connectivity index (χ1v) is 27.7. The van der Waals surface area contributed by atoms with Crippen LogP contribution in [-0.4, -0.2) is 37.2 Å². The van der Waals surface area contributed by atoms with E-state index in [1.165, 1.54) is 205 Å². The van der Waals surface area contributed by atoms with Gasteiger partial charge >= 0.3 is 17.9 Å². The van der Waals surface area contributed by atoms with Gasteiger partial charge in [-0.2, -0.15) is 0 Å². The number of esters is 3. The minimum Gasteiger partial charge on any atom is -0.462 e. The molecule has 0 bridgehead atoms. The van der Waals surface area contributed by atoms with Crippen molar-refractivity contribution in [1.82, 2.24) is 0 Å². The lowest BCUT2D eigenvalue weighted by Gasteiger charge is -2.18. The van der Waals surface area contributed by atoms with Crippen LogP contribution < -0.4 is 0 Å². The van der Waals surface area contributed by atoms with Crippen LogP contribution in [0, 0.1) is 0 Å². The zero-order valence-corrected chi connectivity index (χ0v) is 41.9. The number of hydrogen-bond donors (Lipinski definition) is 0. The average Bonchev–Trinajstić information content (AvgIpc) is 3.27. The maximum absolute atomic E-state index is 12.8. The monoisotopic (exact) mass is 875 g/mol. The molecule has 0 aliphatic heterocycles. The molecule has 1 atom stereocenters. The maximum Gasteiger partial charge on any atom is 0.306 e. The minimum absolute atomic E-state index is 0.0667. The predicted octanol–water partition coefficient (Wildman–Crippen LogP) is 18.2. The number of carbonyl (C=O) groups is 3. The van der Waals surface area contributed by atoms with Gasteiger partial charge in [0.1, 0.15) is 13.2 Å². The molecule has 0 aromatic carbocycles. The molecule has 0 radical (unpaired) electrons. The summed E-state index contributed by atoms with van der Waals surface area (Å²) in [5.74, 6) is -0.854. The van der Waals surface area contributed by atoms with Crippen LogP contribution in [0.15, 0.2) is 12.2 Å². The number of hydrogen-bond acceptors (Lipinski definition) is 6. The molecule has 0 aromatic rings. The quantitative estimate of drug-likeness (QED) is 0.0262. The van der Waals surface area contributed by atoms with Gasteiger partial charge in [-0.25, -0.2) is 0 Å². The zero-order chi connectivity index (χ0) is 45.1. The normalized spacial score (nSPS) is 12.0. The van der Waals surface area contributed by atoms with E-state index in [0.717, 1.165) is 64.2 Å². The van der Waals surface area contributed by atoms with Crippen LogP contribution in [-0.2, 0) is 28.6 Å². The fourth-order valence-electron chi connectivity index (χ4n) is 8.32. The van der Waals surface area contributed by atoms with Gasteiger partial charge < -0.3 is 14.2 Å². The molecule has 0 spiro atoms. The summed E-state index contributed by atoms with van der Waals surface area (Å²) >= 11 is 0. The Hall–Kier alpha value is -1.85. The summed E-state index contributed by atoms with van der Waals surface area (Å²) < 4.78 is 16.8. The van der Waals surface area contributed by atoms with E-state index in [0.29, 0.717) is 19.3 Å². The van der Waals surface area contributed by atoms with E-state index in [4.69, 9.17) is 14.2 Å². The van der Waals surface area contributed by atoms with E-state index < -0.39 is 6.10 Å². The highest BCUT2D eigenvalue weighted by Crippen LogP contribution is 2.17. The van der Waals surface area contributed by atoms with Crippen molar-refractivity contribution in [2.24, 2.45) is 0 Å². The molecule has 6 nitrogen and oxygen atoms in total. The van der Waals surface area contributed by atoms with Crippen LogP contribution in [0.25, 0.3) is 0 Å². The molecule has 0 amide bonds. The summed E-state index contributed by atoms with van der Waals surface area (Å²) in [5.41, 5.74) is 0. The van der Waals surface area contributed by atoms with Crippen LogP contribution in [0.1, 0.15) is 310 Å². The van der Waals surface area contributed by atoms with Gasteiger partial charge in [0.25, 0.3) is 0 Å². The number of rotatable bonds is 51. The third-order valence-corrected chi connectivity index (χ3v) is 12.5. The Morgan fingerprint density at radius 2 is 0.532 bits per heavy atom. The van der Waals surface area contributed by atoms with Gasteiger partial charge in [-0.3, -0.25) is 14.4 Å². The summed E-state index contributed by atoms with van der Waals surface area (Å²) in [6.07, 6.45) is 57.6. The second-order valence-electron chi connectivity index (χ2n) is 18.9. The zero-order valence-electron chi connectivity index (χ0n) is 41.9. The SMILES string of the molecule is CCCCCC/C=C\CCCCCCCC(=O)OCC(COC(=O)CCCCCCCCCCCCCCCCCCC)OC(=O)CCCCCCCCCCCCCCCC. The molecule has 0 heterocycles. The lowest BCUT2D eigenvalue weighted by atomic mass is 10.0. The molecule has 0 fully saturated rings. The molecule has 0 aliphatic rings. The first-order valence-electron chi connectivity index (χ1n) is 27.7.